The summed E-state index contributed by atoms with van der Waals surface area (Å²) in [7, 11) is 1.80. The average molecular weight is 257 g/mol. The van der Waals surface area contributed by atoms with Crippen molar-refractivity contribution in [3.05, 3.63) is 30.0 Å². The zero-order valence-electron chi connectivity index (χ0n) is 10.9. The van der Waals surface area contributed by atoms with Crippen LogP contribution in [-0.4, -0.2) is 29.9 Å². The molecule has 0 unspecified atom stereocenters. The van der Waals surface area contributed by atoms with Crippen molar-refractivity contribution in [3.8, 4) is 0 Å². The number of hydrogen-bond acceptors (Lipinski definition) is 5. The molecule has 0 aliphatic heterocycles. The van der Waals surface area contributed by atoms with Crippen molar-refractivity contribution in [2.75, 3.05) is 5.32 Å². The highest BCUT2D eigenvalue weighted by atomic mass is 15.4. The van der Waals surface area contributed by atoms with Gasteiger partial charge in [0, 0.05) is 13.2 Å². The molecule has 0 fully saturated rings. The fraction of sp³-hybridized carbons (Fsp3) is 0.333. The van der Waals surface area contributed by atoms with Crippen LogP contribution in [-0.2, 0) is 20.0 Å². The molecule has 3 aromatic heterocycles. The van der Waals surface area contributed by atoms with E-state index in [1.807, 2.05) is 6.20 Å². The number of rotatable bonds is 4. The van der Waals surface area contributed by atoms with E-state index in [-0.39, 0.29) is 0 Å². The largest absolute Gasteiger partial charge is 0.364 e. The Kier molecular flexibility index (Phi) is 2.86. The number of aryl methyl sites for hydroxylation is 2. The van der Waals surface area contributed by atoms with Crippen molar-refractivity contribution in [1.29, 1.82) is 0 Å². The SMILES string of the molecule is CCc1c[nH]c2ncnc(NCc3cnn(C)n3)c12. The molecule has 7 nitrogen and oxygen atoms in total. The summed E-state index contributed by atoms with van der Waals surface area (Å²) in [6.07, 6.45) is 6.21. The normalized spacial score (nSPS) is 11.1. The van der Waals surface area contributed by atoms with Gasteiger partial charge >= 0.3 is 0 Å². The first kappa shape index (κ1) is 11.6. The molecular weight excluding hydrogens is 242 g/mol. The summed E-state index contributed by atoms with van der Waals surface area (Å²) < 4.78 is 0. The average Bonchev–Trinajstić information content (AvgIpc) is 3.02. The van der Waals surface area contributed by atoms with E-state index in [4.69, 9.17) is 0 Å². The molecule has 3 aromatic rings. The van der Waals surface area contributed by atoms with E-state index in [1.165, 1.54) is 5.56 Å². The fourth-order valence-corrected chi connectivity index (χ4v) is 2.08. The number of nitrogens with one attached hydrogen (secondary N) is 2. The monoisotopic (exact) mass is 257 g/mol. The van der Waals surface area contributed by atoms with Gasteiger partial charge in [0.05, 0.1) is 18.1 Å². The molecule has 0 saturated carbocycles. The van der Waals surface area contributed by atoms with Crippen LogP contribution in [0.3, 0.4) is 0 Å². The van der Waals surface area contributed by atoms with Crippen molar-refractivity contribution >= 4 is 16.9 Å². The highest BCUT2D eigenvalue weighted by molar-refractivity contribution is 5.90. The predicted octanol–water partition coefficient (Wildman–Crippen LogP) is 1.26. The van der Waals surface area contributed by atoms with Gasteiger partial charge in [0.25, 0.3) is 0 Å². The molecule has 2 N–H and O–H groups in total. The zero-order valence-corrected chi connectivity index (χ0v) is 10.9. The summed E-state index contributed by atoms with van der Waals surface area (Å²) in [5, 5.41) is 12.6. The van der Waals surface area contributed by atoms with E-state index in [0.29, 0.717) is 6.54 Å². The van der Waals surface area contributed by atoms with Crippen molar-refractivity contribution in [2.24, 2.45) is 7.05 Å². The minimum Gasteiger partial charge on any atom is -0.364 e. The standard InChI is InChI=1S/C12H15N7/c1-3-8-4-13-11-10(8)12(16-7-15-11)14-5-9-6-17-19(2)18-9/h4,6-7H,3,5H2,1-2H3,(H2,13,14,15,16). The summed E-state index contributed by atoms with van der Waals surface area (Å²) >= 11 is 0. The number of aromatic amines is 1. The molecule has 0 amide bonds. The number of fused-ring (bicyclic) bond motifs is 1. The molecule has 0 saturated heterocycles. The van der Waals surface area contributed by atoms with Gasteiger partial charge in [-0.15, -0.1) is 0 Å². The first-order valence-electron chi connectivity index (χ1n) is 6.18. The van der Waals surface area contributed by atoms with Crippen molar-refractivity contribution in [3.63, 3.8) is 0 Å². The van der Waals surface area contributed by atoms with Crippen LogP contribution in [0.4, 0.5) is 5.82 Å². The van der Waals surface area contributed by atoms with E-state index < -0.39 is 0 Å². The number of H-pyrrole nitrogens is 1. The third kappa shape index (κ3) is 2.14. The molecule has 98 valence electrons. The van der Waals surface area contributed by atoms with E-state index in [0.717, 1.165) is 29.0 Å². The van der Waals surface area contributed by atoms with Gasteiger partial charge in [0.1, 0.15) is 23.5 Å². The second-order valence-corrected chi connectivity index (χ2v) is 4.29. The second kappa shape index (κ2) is 4.68. The Labute approximate surface area is 110 Å². The van der Waals surface area contributed by atoms with Crippen LogP contribution in [0.25, 0.3) is 11.0 Å². The van der Waals surface area contributed by atoms with Gasteiger partial charge in [-0.1, -0.05) is 6.92 Å². The summed E-state index contributed by atoms with van der Waals surface area (Å²) in [5.74, 6) is 0.828. The van der Waals surface area contributed by atoms with Gasteiger partial charge in [0.15, 0.2) is 0 Å². The number of hydrogen-bond donors (Lipinski definition) is 2. The van der Waals surface area contributed by atoms with Gasteiger partial charge in [-0.3, -0.25) is 0 Å². The molecule has 19 heavy (non-hydrogen) atoms. The molecule has 3 rings (SSSR count). The molecule has 0 atom stereocenters. The highest BCUT2D eigenvalue weighted by Crippen LogP contribution is 2.23. The number of aromatic nitrogens is 6. The number of anilines is 1. The molecule has 0 radical (unpaired) electrons. The highest BCUT2D eigenvalue weighted by Gasteiger charge is 2.10. The zero-order chi connectivity index (χ0) is 13.2. The van der Waals surface area contributed by atoms with E-state index >= 15 is 0 Å². The summed E-state index contributed by atoms with van der Waals surface area (Å²) in [4.78, 5) is 13.2. The second-order valence-electron chi connectivity index (χ2n) is 4.29. The first-order chi connectivity index (χ1) is 9.28. The molecule has 0 aromatic carbocycles. The molecule has 7 heteroatoms. The molecule has 3 heterocycles. The Morgan fingerprint density at radius 1 is 1.37 bits per heavy atom. The molecule has 0 aliphatic carbocycles. The smallest absolute Gasteiger partial charge is 0.143 e. The van der Waals surface area contributed by atoms with Gasteiger partial charge in [0.2, 0.25) is 0 Å². The van der Waals surface area contributed by atoms with Crippen LogP contribution in [0.5, 0.6) is 0 Å². The summed E-state index contributed by atoms with van der Waals surface area (Å²) in [5.41, 5.74) is 2.94. The fourth-order valence-electron chi connectivity index (χ4n) is 2.08. The Balaban J connectivity index is 1.89. The summed E-state index contributed by atoms with van der Waals surface area (Å²) in [6, 6.07) is 0. The van der Waals surface area contributed by atoms with Crippen molar-refractivity contribution < 1.29 is 0 Å². The van der Waals surface area contributed by atoms with Crippen LogP contribution in [0.15, 0.2) is 18.7 Å². The Bertz CT molecular complexity index is 697. The van der Waals surface area contributed by atoms with Crippen LogP contribution in [0.1, 0.15) is 18.2 Å². The third-order valence-electron chi connectivity index (χ3n) is 3.02. The lowest BCUT2D eigenvalue weighted by molar-refractivity contribution is 0.646. The first-order valence-corrected chi connectivity index (χ1v) is 6.18. The number of nitrogens with zero attached hydrogens (tertiary/aromatic N) is 5. The van der Waals surface area contributed by atoms with Gasteiger partial charge in [-0.25, -0.2) is 9.97 Å². The Morgan fingerprint density at radius 2 is 2.26 bits per heavy atom. The topological polar surface area (TPSA) is 84.3 Å². The van der Waals surface area contributed by atoms with Crippen molar-refractivity contribution in [1.82, 2.24) is 29.9 Å². The maximum absolute atomic E-state index is 4.31. The lowest BCUT2D eigenvalue weighted by Gasteiger charge is -2.05. The van der Waals surface area contributed by atoms with Crippen LogP contribution >= 0.6 is 0 Å². The molecule has 0 bridgehead atoms. The quantitative estimate of drug-likeness (QED) is 0.735. The van der Waals surface area contributed by atoms with Gasteiger partial charge in [-0.05, 0) is 12.0 Å². The van der Waals surface area contributed by atoms with Gasteiger partial charge in [-0.2, -0.15) is 15.0 Å². The van der Waals surface area contributed by atoms with Crippen LogP contribution < -0.4 is 5.32 Å². The van der Waals surface area contributed by atoms with Crippen molar-refractivity contribution in [2.45, 2.75) is 19.9 Å². The van der Waals surface area contributed by atoms with E-state index in [1.54, 1.807) is 24.4 Å². The third-order valence-corrected chi connectivity index (χ3v) is 3.02. The van der Waals surface area contributed by atoms with Crippen LogP contribution in [0, 0.1) is 0 Å². The van der Waals surface area contributed by atoms with E-state index in [9.17, 15) is 0 Å². The predicted molar refractivity (Wildman–Crippen MR) is 71.6 cm³/mol. The maximum atomic E-state index is 4.31. The van der Waals surface area contributed by atoms with Crippen LogP contribution in [0.2, 0.25) is 0 Å². The summed E-state index contributed by atoms with van der Waals surface area (Å²) in [6.45, 7) is 2.70. The molecule has 0 aliphatic rings. The lowest BCUT2D eigenvalue weighted by Crippen LogP contribution is -2.04. The molecule has 0 spiro atoms. The molecular formula is C12H15N7. The van der Waals surface area contributed by atoms with Gasteiger partial charge < -0.3 is 10.3 Å². The minimum atomic E-state index is 0.592. The minimum absolute atomic E-state index is 0.592. The Morgan fingerprint density at radius 3 is 3.00 bits per heavy atom. The Hall–Kier alpha value is -2.44. The maximum Gasteiger partial charge on any atom is 0.143 e. The lowest BCUT2D eigenvalue weighted by atomic mass is 10.2. The van der Waals surface area contributed by atoms with E-state index in [2.05, 4.69) is 37.4 Å².